The Morgan fingerprint density at radius 1 is 1.26 bits per heavy atom. The number of alkyl halides is 3. The summed E-state index contributed by atoms with van der Waals surface area (Å²) < 4.78 is 45.0. The van der Waals surface area contributed by atoms with E-state index in [2.05, 4.69) is 0 Å². The summed E-state index contributed by atoms with van der Waals surface area (Å²) in [5.74, 6) is 0.165. The van der Waals surface area contributed by atoms with Crippen LogP contribution in [0.25, 0.3) is 6.08 Å². The highest BCUT2D eigenvalue weighted by atomic mass is 35.5. The van der Waals surface area contributed by atoms with E-state index in [1.165, 1.54) is 6.08 Å². The van der Waals surface area contributed by atoms with E-state index in [0.717, 1.165) is 12.0 Å². The number of carbonyl (C=O) groups excluding carboxylic acids is 1. The average molecular weight is 347 g/mol. The minimum absolute atomic E-state index is 0.165. The molecule has 0 radical (unpaired) electrons. The number of benzene rings is 1. The van der Waals surface area contributed by atoms with Crippen molar-refractivity contribution >= 4 is 22.9 Å². The third kappa shape index (κ3) is 3.55. The van der Waals surface area contributed by atoms with Crippen molar-refractivity contribution in [2.24, 2.45) is 0 Å². The summed E-state index contributed by atoms with van der Waals surface area (Å²) in [6.07, 6.45) is -5.14. The largest absolute Gasteiger partial charge is 0.475 e. The summed E-state index contributed by atoms with van der Waals surface area (Å²) in [4.78, 5) is 11.4. The summed E-state index contributed by atoms with van der Waals surface area (Å²) >= 11 is 5.34. The second-order valence-corrected chi connectivity index (χ2v) is 6.92. The van der Waals surface area contributed by atoms with Crippen LogP contribution in [0, 0.1) is 0 Å². The minimum atomic E-state index is -4.72. The van der Waals surface area contributed by atoms with Crippen LogP contribution >= 0.6 is 11.6 Å². The Kier molecular flexibility index (Phi) is 4.55. The summed E-state index contributed by atoms with van der Waals surface area (Å²) in [5, 5.41) is -1.16. The molecular weight excluding hydrogens is 329 g/mol. The first-order valence-corrected chi connectivity index (χ1v) is 7.65. The maximum Gasteiger partial charge on any atom is 0.429 e. The Morgan fingerprint density at radius 3 is 2.30 bits per heavy atom. The molecule has 0 amide bonds. The fourth-order valence-corrected chi connectivity index (χ4v) is 2.69. The molecule has 2 rings (SSSR count). The number of carbonyl (C=O) groups is 1. The van der Waals surface area contributed by atoms with Gasteiger partial charge in [-0.2, -0.15) is 13.2 Å². The molecule has 0 aliphatic carbocycles. The first-order chi connectivity index (χ1) is 10.4. The summed E-state index contributed by atoms with van der Waals surface area (Å²) in [5.41, 5.74) is 1.11. The molecule has 1 atom stereocenters. The van der Waals surface area contributed by atoms with E-state index >= 15 is 0 Å². The molecule has 1 aromatic rings. The van der Waals surface area contributed by atoms with E-state index in [9.17, 15) is 18.0 Å². The molecule has 1 aliphatic heterocycles. The average Bonchev–Trinajstić information content (AvgIpc) is 2.42. The van der Waals surface area contributed by atoms with Gasteiger partial charge in [-0.1, -0.05) is 33.8 Å². The van der Waals surface area contributed by atoms with Gasteiger partial charge in [0.2, 0.25) is 6.10 Å². The number of rotatable bonds is 2. The highest BCUT2D eigenvalue weighted by Crippen LogP contribution is 2.43. The van der Waals surface area contributed by atoms with E-state index in [4.69, 9.17) is 16.3 Å². The van der Waals surface area contributed by atoms with Crippen LogP contribution in [0.4, 0.5) is 13.2 Å². The number of aryl methyl sites for hydroxylation is 1. The van der Waals surface area contributed by atoms with Crippen LogP contribution in [-0.4, -0.2) is 17.5 Å². The van der Waals surface area contributed by atoms with E-state index in [0.29, 0.717) is 11.1 Å². The molecule has 6 heteroatoms. The normalized spacial score (nSPS) is 18.1. The molecule has 1 heterocycles. The van der Waals surface area contributed by atoms with Crippen LogP contribution in [0.3, 0.4) is 0 Å². The lowest BCUT2D eigenvalue weighted by Crippen LogP contribution is -2.40. The third-order valence-corrected chi connectivity index (χ3v) is 3.97. The summed E-state index contributed by atoms with van der Waals surface area (Å²) in [7, 11) is 0. The first kappa shape index (κ1) is 17.9. The van der Waals surface area contributed by atoms with Gasteiger partial charge in [-0.3, -0.25) is 4.79 Å². The van der Waals surface area contributed by atoms with Gasteiger partial charge in [0.1, 0.15) is 5.75 Å². The number of hydrogen-bond donors (Lipinski definition) is 0. The van der Waals surface area contributed by atoms with Crippen molar-refractivity contribution in [3.8, 4) is 5.75 Å². The van der Waals surface area contributed by atoms with Gasteiger partial charge in [-0.15, -0.1) is 0 Å². The lowest BCUT2D eigenvalue weighted by Gasteiger charge is -2.32. The monoisotopic (exact) mass is 346 g/mol. The Bertz CT molecular complexity index is 670. The maximum atomic E-state index is 13.2. The molecule has 0 spiro atoms. The molecule has 126 valence electrons. The lowest BCUT2D eigenvalue weighted by molar-refractivity contribution is -0.184. The van der Waals surface area contributed by atoms with Gasteiger partial charge in [0.05, 0.1) is 5.57 Å². The van der Waals surface area contributed by atoms with E-state index in [1.54, 1.807) is 6.07 Å². The quantitative estimate of drug-likeness (QED) is 0.703. The van der Waals surface area contributed by atoms with Crippen molar-refractivity contribution in [2.75, 3.05) is 0 Å². The lowest BCUT2D eigenvalue weighted by atomic mass is 9.82. The molecule has 0 aromatic heterocycles. The Hall–Kier alpha value is -1.49. The fourth-order valence-electron chi connectivity index (χ4n) is 2.54. The summed E-state index contributed by atoms with van der Waals surface area (Å²) in [6.45, 7) is 7.66. The molecule has 1 aliphatic rings. The summed E-state index contributed by atoms with van der Waals surface area (Å²) in [6, 6.07) is 3.59. The molecule has 0 saturated carbocycles. The van der Waals surface area contributed by atoms with Crippen molar-refractivity contribution in [3.63, 3.8) is 0 Å². The van der Waals surface area contributed by atoms with Crippen LogP contribution in [0.15, 0.2) is 17.7 Å². The van der Waals surface area contributed by atoms with E-state index < -0.39 is 28.5 Å². The molecule has 2 nitrogen and oxygen atoms in total. The number of ether oxygens (including phenoxy) is 1. The first-order valence-electron chi connectivity index (χ1n) is 7.27. The van der Waals surface area contributed by atoms with Gasteiger partial charge >= 0.3 is 6.18 Å². The van der Waals surface area contributed by atoms with Crippen LogP contribution in [0.2, 0.25) is 0 Å². The molecule has 1 aromatic carbocycles. The molecule has 0 fully saturated rings. The molecule has 23 heavy (non-hydrogen) atoms. The van der Waals surface area contributed by atoms with Gasteiger partial charge < -0.3 is 4.74 Å². The van der Waals surface area contributed by atoms with Gasteiger partial charge in [-0.25, -0.2) is 0 Å². The van der Waals surface area contributed by atoms with E-state index in [-0.39, 0.29) is 5.75 Å². The van der Waals surface area contributed by atoms with Crippen LogP contribution in [0.1, 0.15) is 44.4 Å². The molecule has 1 unspecified atom stereocenters. The van der Waals surface area contributed by atoms with Gasteiger partial charge in [0.25, 0.3) is 5.24 Å². The highest BCUT2D eigenvalue weighted by molar-refractivity contribution is 6.68. The zero-order valence-electron chi connectivity index (χ0n) is 13.3. The molecule has 0 saturated heterocycles. The van der Waals surface area contributed by atoms with Gasteiger partial charge in [0, 0.05) is 11.1 Å². The Labute approximate surface area is 138 Å². The Morgan fingerprint density at radius 2 is 1.87 bits per heavy atom. The predicted octanol–water partition coefficient (Wildman–Crippen LogP) is 5.02. The van der Waals surface area contributed by atoms with Crippen molar-refractivity contribution in [1.29, 1.82) is 0 Å². The van der Waals surface area contributed by atoms with Crippen molar-refractivity contribution in [3.05, 3.63) is 34.4 Å². The second kappa shape index (κ2) is 5.86. The van der Waals surface area contributed by atoms with Crippen LogP contribution in [0.5, 0.6) is 5.75 Å². The number of fused-ring (bicyclic) bond motifs is 1. The van der Waals surface area contributed by atoms with Crippen molar-refractivity contribution in [2.45, 2.75) is 51.8 Å². The number of hydrogen-bond acceptors (Lipinski definition) is 2. The van der Waals surface area contributed by atoms with Crippen LogP contribution < -0.4 is 4.74 Å². The molecular formula is C17H18ClF3O2. The topological polar surface area (TPSA) is 26.3 Å². The van der Waals surface area contributed by atoms with Crippen LogP contribution in [-0.2, 0) is 16.6 Å². The Balaban J connectivity index is 2.72. The fraction of sp³-hybridized carbons (Fsp3) is 0.471. The van der Waals surface area contributed by atoms with Crippen molar-refractivity contribution in [1.82, 2.24) is 0 Å². The van der Waals surface area contributed by atoms with Gasteiger partial charge in [-0.05, 0) is 41.1 Å². The highest BCUT2D eigenvalue weighted by Gasteiger charge is 2.48. The van der Waals surface area contributed by atoms with Gasteiger partial charge in [0.15, 0.2) is 0 Å². The zero-order valence-corrected chi connectivity index (χ0v) is 14.1. The minimum Gasteiger partial charge on any atom is -0.475 e. The second-order valence-electron chi connectivity index (χ2n) is 6.58. The van der Waals surface area contributed by atoms with Crippen molar-refractivity contribution < 1.29 is 22.7 Å². The maximum absolute atomic E-state index is 13.2. The van der Waals surface area contributed by atoms with E-state index in [1.807, 2.05) is 33.8 Å². The zero-order chi connectivity index (χ0) is 17.6. The predicted molar refractivity (Wildman–Crippen MR) is 83.8 cm³/mol. The molecule has 0 bridgehead atoms. The standard InChI is InChI=1S/C17H18ClF3O2/c1-5-9-6-10-8-11(15(18)22)14(17(19,20)21)23-13(10)12(7-9)16(2,3)4/h6-8,14H,5H2,1-4H3. The molecule has 0 N–H and O–H groups in total. The SMILES string of the molecule is CCc1cc2c(c(C(C)(C)C)c1)OC(C(F)(F)F)C(C(=O)Cl)=C2. The smallest absolute Gasteiger partial charge is 0.429 e. The third-order valence-electron chi connectivity index (χ3n) is 3.75. The number of halogens is 4.